The molecule has 0 aliphatic rings. The van der Waals surface area contributed by atoms with Crippen LogP contribution in [0.5, 0.6) is 5.75 Å². The van der Waals surface area contributed by atoms with Crippen LogP contribution in [0.3, 0.4) is 0 Å². The van der Waals surface area contributed by atoms with Crippen molar-refractivity contribution in [2.45, 2.75) is 6.42 Å². The minimum atomic E-state index is -0.733. The summed E-state index contributed by atoms with van der Waals surface area (Å²) in [5.74, 6) is -1.24. The summed E-state index contributed by atoms with van der Waals surface area (Å²) in [6.07, 6.45) is 2.20. The van der Waals surface area contributed by atoms with Crippen molar-refractivity contribution in [3.05, 3.63) is 66.4 Å². The van der Waals surface area contributed by atoms with E-state index in [1.54, 1.807) is 42.6 Å². The van der Waals surface area contributed by atoms with Gasteiger partial charge in [0.15, 0.2) is 0 Å². The number of aromatic nitrogens is 1. The number of fused-ring (bicyclic) bond motifs is 1. The largest absolute Gasteiger partial charge is 0.508 e. The van der Waals surface area contributed by atoms with E-state index < -0.39 is 11.8 Å². The van der Waals surface area contributed by atoms with Crippen LogP contribution < -0.4 is 10.6 Å². The highest BCUT2D eigenvalue weighted by molar-refractivity contribution is 6.40. The van der Waals surface area contributed by atoms with Crippen LogP contribution in [-0.4, -0.2) is 28.4 Å². The number of carbonyl (C=O) groups excluding carboxylic acids is 2. The molecule has 6 heteroatoms. The maximum absolute atomic E-state index is 12.1. The predicted molar refractivity (Wildman–Crippen MR) is 95.2 cm³/mol. The van der Waals surface area contributed by atoms with Crippen molar-refractivity contribution in [1.82, 2.24) is 10.3 Å². The van der Waals surface area contributed by atoms with E-state index >= 15 is 0 Å². The first-order chi connectivity index (χ1) is 12.1. The zero-order valence-electron chi connectivity index (χ0n) is 13.4. The van der Waals surface area contributed by atoms with E-state index in [1.165, 1.54) is 0 Å². The standard InChI is InChI=1S/C19H17N3O3/c23-15-8-6-13(7-9-15)10-12-21-18(24)19(25)22-16-5-1-3-14-4-2-11-20-17(14)16/h1-9,11,23H,10,12H2,(H,21,24)(H,22,25). The Hall–Kier alpha value is -3.41. The van der Waals surface area contributed by atoms with Gasteiger partial charge >= 0.3 is 11.8 Å². The number of hydrogen-bond acceptors (Lipinski definition) is 4. The van der Waals surface area contributed by atoms with Crippen LogP contribution in [0.25, 0.3) is 10.9 Å². The number of para-hydroxylation sites is 1. The third-order valence-electron chi connectivity index (χ3n) is 3.72. The number of phenols is 1. The molecule has 0 spiro atoms. The number of nitrogens with one attached hydrogen (secondary N) is 2. The Kier molecular flexibility index (Phi) is 4.89. The van der Waals surface area contributed by atoms with Gasteiger partial charge in [-0.05, 0) is 36.2 Å². The lowest BCUT2D eigenvalue weighted by Crippen LogP contribution is -2.36. The lowest BCUT2D eigenvalue weighted by Gasteiger charge is -2.08. The summed E-state index contributed by atoms with van der Waals surface area (Å²) in [4.78, 5) is 28.2. The summed E-state index contributed by atoms with van der Waals surface area (Å²) in [6.45, 7) is 0.324. The second kappa shape index (κ2) is 7.44. The number of anilines is 1. The van der Waals surface area contributed by atoms with Crippen molar-refractivity contribution in [2.75, 3.05) is 11.9 Å². The molecule has 0 radical (unpaired) electrons. The molecule has 0 atom stereocenters. The number of pyridine rings is 1. The average molecular weight is 335 g/mol. The van der Waals surface area contributed by atoms with E-state index in [-0.39, 0.29) is 5.75 Å². The number of benzene rings is 2. The number of rotatable bonds is 4. The predicted octanol–water partition coefficient (Wildman–Crippen LogP) is 2.24. The van der Waals surface area contributed by atoms with Crippen LogP contribution >= 0.6 is 0 Å². The number of nitrogens with zero attached hydrogens (tertiary/aromatic N) is 1. The van der Waals surface area contributed by atoms with Gasteiger partial charge < -0.3 is 15.7 Å². The first-order valence-corrected chi connectivity index (χ1v) is 7.84. The van der Waals surface area contributed by atoms with E-state index in [2.05, 4.69) is 15.6 Å². The lowest BCUT2D eigenvalue weighted by atomic mass is 10.1. The summed E-state index contributed by atoms with van der Waals surface area (Å²) < 4.78 is 0. The number of amides is 2. The van der Waals surface area contributed by atoms with Crippen molar-refractivity contribution in [3.63, 3.8) is 0 Å². The van der Waals surface area contributed by atoms with Gasteiger partial charge in [-0.15, -0.1) is 0 Å². The van der Waals surface area contributed by atoms with Crippen LogP contribution in [0.1, 0.15) is 5.56 Å². The molecular weight excluding hydrogens is 318 g/mol. The number of hydrogen-bond donors (Lipinski definition) is 3. The molecule has 0 aliphatic carbocycles. The van der Waals surface area contributed by atoms with E-state index in [4.69, 9.17) is 0 Å². The van der Waals surface area contributed by atoms with Gasteiger partial charge in [-0.1, -0.05) is 30.3 Å². The Morgan fingerprint density at radius 3 is 2.52 bits per heavy atom. The van der Waals surface area contributed by atoms with Crippen molar-refractivity contribution in [2.24, 2.45) is 0 Å². The SMILES string of the molecule is O=C(NCCc1ccc(O)cc1)C(=O)Nc1cccc2cccnc12. The molecule has 3 rings (SSSR count). The topological polar surface area (TPSA) is 91.3 Å². The zero-order chi connectivity index (χ0) is 17.6. The van der Waals surface area contributed by atoms with Crippen LogP contribution in [0, 0.1) is 0 Å². The average Bonchev–Trinajstić information content (AvgIpc) is 2.63. The maximum Gasteiger partial charge on any atom is 0.313 e. The smallest absolute Gasteiger partial charge is 0.313 e. The number of aromatic hydroxyl groups is 1. The molecule has 25 heavy (non-hydrogen) atoms. The Morgan fingerprint density at radius 2 is 1.72 bits per heavy atom. The molecule has 0 fully saturated rings. The second-order valence-electron chi connectivity index (χ2n) is 5.51. The van der Waals surface area contributed by atoms with Gasteiger partial charge in [0.05, 0.1) is 11.2 Å². The highest BCUT2D eigenvalue weighted by atomic mass is 16.3. The zero-order valence-corrected chi connectivity index (χ0v) is 13.4. The highest BCUT2D eigenvalue weighted by Crippen LogP contribution is 2.20. The third kappa shape index (κ3) is 4.11. The van der Waals surface area contributed by atoms with Crippen LogP contribution in [0.2, 0.25) is 0 Å². The van der Waals surface area contributed by atoms with Gasteiger partial charge in [0.1, 0.15) is 5.75 Å². The van der Waals surface area contributed by atoms with E-state index in [1.807, 2.05) is 18.2 Å². The van der Waals surface area contributed by atoms with E-state index in [9.17, 15) is 14.7 Å². The summed E-state index contributed by atoms with van der Waals surface area (Å²) in [5, 5.41) is 15.3. The van der Waals surface area contributed by atoms with Gasteiger partial charge in [0.2, 0.25) is 0 Å². The molecule has 126 valence electrons. The second-order valence-corrected chi connectivity index (χ2v) is 5.51. The molecule has 0 unspecified atom stereocenters. The Bertz CT molecular complexity index is 902. The molecule has 0 bridgehead atoms. The fourth-order valence-electron chi connectivity index (χ4n) is 2.45. The number of phenolic OH excluding ortho intramolecular Hbond substituents is 1. The Labute approximate surface area is 144 Å². The Balaban J connectivity index is 1.57. The molecule has 3 N–H and O–H groups in total. The molecule has 2 aromatic carbocycles. The van der Waals surface area contributed by atoms with Gasteiger partial charge in [-0.2, -0.15) is 0 Å². The first kappa shape index (κ1) is 16.4. The first-order valence-electron chi connectivity index (χ1n) is 7.84. The third-order valence-corrected chi connectivity index (χ3v) is 3.72. The molecule has 0 saturated carbocycles. The normalized spacial score (nSPS) is 10.4. The van der Waals surface area contributed by atoms with Crippen LogP contribution in [-0.2, 0) is 16.0 Å². The van der Waals surface area contributed by atoms with Crippen LogP contribution in [0.4, 0.5) is 5.69 Å². The maximum atomic E-state index is 12.1. The highest BCUT2D eigenvalue weighted by Gasteiger charge is 2.14. The molecule has 0 aliphatic heterocycles. The van der Waals surface area contributed by atoms with E-state index in [0.29, 0.717) is 24.2 Å². The van der Waals surface area contributed by atoms with Crippen LogP contribution in [0.15, 0.2) is 60.8 Å². The van der Waals surface area contributed by atoms with Crippen molar-refractivity contribution >= 4 is 28.4 Å². The summed E-state index contributed by atoms with van der Waals surface area (Å²) in [5.41, 5.74) is 2.09. The summed E-state index contributed by atoms with van der Waals surface area (Å²) in [6, 6.07) is 15.8. The molecule has 1 heterocycles. The minimum absolute atomic E-state index is 0.191. The van der Waals surface area contributed by atoms with Gasteiger partial charge in [-0.25, -0.2) is 0 Å². The van der Waals surface area contributed by atoms with Crippen molar-refractivity contribution in [3.8, 4) is 5.75 Å². The molecule has 6 nitrogen and oxygen atoms in total. The Morgan fingerprint density at radius 1 is 0.960 bits per heavy atom. The lowest BCUT2D eigenvalue weighted by molar-refractivity contribution is -0.136. The van der Waals surface area contributed by atoms with Gasteiger partial charge in [0, 0.05) is 18.1 Å². The minimum Gasteiger partial charge on any atom is -0.508 e. The molecule has 0 saturated heterocycles. The monoisotopic (exact) mass is 335 g/mol. The van der Waals surface area contributed by atoms with Crippen molar-refractivity contribution < 1.29 is 14.7 Å². The fraction of sp³-hybridized carbons (Fsp3) is 0.105. The van der Waals surface area contributed by atoms with Crippen molar-refractivity contribution in [1.29, 1.82) is 0 Å². The molecule has 3 aromatic rings. The summed E-state index contributed by atoms with van der Waals surface area (Å²) in [7, 11) is 0. The summed E-state index contributed by atoms with van der Waals surface area (Å²) >= 11 is 0. The number of carbonyl (C=O) groups is 2. The molecular formula is C19H17N3O3. The van der Waals surface area contributed by atoms with Gasteiger partial charge in [0.25, 0.3) is 0 Å². The quantitative estimate of drug-likeness (QED) is 0.638. The fourth-order valence-corrected chi connectivity index (χ4v) is 2.45. The molecule has 2 amide bonds. The van der Waals surface area contributed by atoms with Gasteiger partial charge in [-0.3, -0.25) is 14.6 Å². The molecule has 1 aromatic heterocycles. The van der Waals surface area contributed by atoms with E-state index in [0.717, 1.165) is 10.9 Å².